The largest absolute Gasteiger partial charge is 0.463 e. The van der Waals surface area contributed by atoms with Crippen molar-refractivity contribution in [3.8, 4) is 5.75 Å². The molecule has 1 aliphatic heterocycles. The van der Waals surface area contributed by atoms with Gasteiger partial charge in [0.2, 0.25) is 0 Å². The lowest BCUT2D eigenvalue weighted by Gasteiger charge is -2.35. The molecule has 6 nitrogen and oxygen atoms in total. The van der Waals surface area contributed by atoms with Gasteiger partial charge >= 0.3 is 18.6 Å². The van der Waals surface area contributed by atoms with E-state index in [9.17, 15) is 18.4 Å². The molecule has 8 heteroatoms. The van der Waals surface area contributed by atoms with E-state index in [-0.39, 0.29) is 30.0 Å². The minimum absolute atomic E-state index is 0.125. The number of carbonyl (C=O) groups is 2. The molecule has 0 saturated heterocycles. The highest BCUT2D eigenvalue weighted by molar-refractivity contribution is 5.95. The standard InChI is InChI=1S/C18H20F2N2O4/c1-4-10-22-11(3)14(16(23)25-5-2)15(21-18(22)24)12-8-6-7-9-13(12)26-17(19)20/h4,6-9,15,17H,1,5,10H2,2-3H3,(H,21,24)/t15-/m1/s1. The summed E-state index contributed by atoms with van der Waals surface area (Å²) >= 11 is 0. The van der Waals surface area contributed by atoms with Crippen LogP contribution in [-0.2, 0) is 9.53 Å². The molecule has 1 heterocycles. The molecule has 0 aliphatic carbocycles. The molecule has 0 aromatic heterocycles. The number of esters is 1. The fourth-order valence-corrected chi connectivity index (χ4v) is 2.76. The summed E-state index contributed by atoms with van der Waals surface area (Å²) in [5, 5.41) is 2.66. The van der Waals surface area contributed by atoms with Crippen LogP contribution in [0.3, 0.4) is 0 Å². The summed E-state index contributed by atoms with van der Waals surface area (Å²) in [5.74, 6) is -0.768. The first-order chi connectivity index (χ1) is 12.4. The molecule has 1 aromatic rings. The lowest BCUT2D eigenvalue weighted by atomic mass is 9.94. The summed E-state index contributed by atoms with van der Waals surface area (Å²) in [6, 6.07) is 4.54. The van der Waals surface area contributed by atoms with Gasteiger partial charge in [0.15, 0.2) is 0 Å². The highest BCUT2D eigenvalue weighted by Crippen LogP contribution is 2.36. The molecular weight excluding hydrogens is 346 g/mol. The Morgan fingerprint density at radius 1 is 1.42 bits per heavy atom. The summed E-state index contributed by atoms with van der Waals surface area (Å²) in [6.45, 7) is 4.11. The number of allylic oxidation sites excluding steroid dienone is 1. The molecule has 140 valence electrons. The minimum atomic E-state index is -3.04. The predicted molar refractivity (Wildman–Crippen MR) is 90.6 cm³/mol. The SMILES string of the molecule is C=CCN1C(=O)N[C@H](c2ccccc2OC(F)F)C(C(=O)OCC)=C1C. The number of benzene rings is 1. The van der Waals surface area contributed by atoms with Crippen LogP contribution in [0.15, 0.2) is 48.2 Å². The molecule has 1 aromatic carbocycles. The number of rotatable bonds is 7. The van der Waals surface area contributed by atoms with Gasteiger partial charge in [-0.2, -0.15) is 8.78 Å². The third-order valence-electron chi connectivity index (χ3n) is 3.85. The number of alkyl halides is 2. The maximum Gasteiger partial charge on any atom is 0.387 e. The van der Waals surface area contributed by atoms with Crippen LogP contribution in [0, 0.1) is 0 Å². The Bertz CT molecular complexity index is 734. The van der Waals surface area contributed by atoms with Crippen molar-refractivity contribution >= 4 is 12.0 Å². The molecule has 2 amide bonds. The first kappa shape index (κ1) is 19.4. The van der Waals surface area contributed by atoms with Gasteiger partial charge in [0.1, 0.15) is 5.75 Å². The van der Waals surface area contributed by atoms with Crippen LogP contribution in [0.4, 0.5) is 13.6 Å². The molecule has 0 bridgehead atoms. The van der Waals surface area contributed by atoms with E-state index in [1.807, 2.05) is 0 Å². The van der Waals surface area contributed by atoms with Crippen molar-refractivity contribution in [2.75, 3.05) is 13.2 Å². The summed E-state index contributed by atoms with van der Waals surface area (Å²) in [7, 11) is 0. The topological polar surface area (TPSA) is 67.9 Å². The fraction of sp³-hybridized carbons (Fsp3) is 0.333. The molecule has 1 atom stereocenters. The normalized spacial score (nSPS) is 17.2. The molecular formula is C18H20F2N2O4. The summed E-state index contributed by atoms with van der Waals surface area (Å²) < 4.78 is 35.1. The third-order valence-corrected chi connectivity index (χ3v) is 3.85. The molecule has 1 N–H and O–H groups in total. The predicted octanol–water partition coefficient (Wildman–Crippen LogP) is 3.38. The summed E-state index contributed by atoms with van der Waals surface area (Å²) in [6.07, 6.45) is 1.51. The second-order valence-corrected chi connectivity index (χ2v) is 5.42. The van der Waals surface area contributed by atoms with E-state index in [1.54, 1.807) is 19.9 Å². The average Bonchev–Trinajstić information content (AvgIpc) is 2.58. The van der Waals surface area contributed by atoms with Crippen molar-refractivity contribution in [3.63, 3.8) is 0 Å². The van der Waals surface area contributed by atoms with E-state index in [1.165, 1.54) is 29.2 Å². The zero-order valence-corrected chi connectivity index (χ0v) is 14.5. The van der Waals surface area contributed by atoms with Crippen molar-refractivity contribution < 1.29 is 27.8 Å². The quantitative estimate of drug-likeness (QED) is 0.593. The van der Waals surface area contributed by atoms with Crippen molar-refractivity contribution in [3.05, 3.63) is 53.8 Å². The Kier molecular flexibility index (Phi) is 6.32. The molecule has 0 spiro atoms. The number of nitrogens with zero attached hydrogens (tertiary/aromatic N) is 1. The number of hydrogen-bond acceptors (Lipinski definition) is 4. The maximum atomic E-state index is 12.7. The fourth-order valence-electron chi connectivity index (χ4n) is 2.76. The summed E-state index contributed by atoms with van der Waals surface area (Å²) in [4.78, 5) is 26.3. The smallest absolute Gasteiger partial charge is 0.387 e. The molecule has 0 unspecified atom stereocenters. The minimum Gasteiger partial charge on any atom is -0.463 e. The van der Waals surface area contributed by atoms with Gasteiger partial charge in [-0.3, -0.25) is 4.90 Å². The van der Waals surface area contributed by atoms with Crippen LogP contribution in [-0.4, -0.2) is 36.7 Å². The number of urea groups is 1. The second kappa shape index (κ2) is 8.46. The van der Waals surface area contributed by atoms with Crippen molar-refractivity contribution in [2.24, 2.45) is 0 Å². The van der Waals surface area contributed by atoms with E-state index in [0.29, 0.717) is 5.70 Å². The van der Waals surface area contributed by atoms with Gasteiger partial charge in [0.05, 0.1) is 18.2 Å². The Morgan fingerprint density at radius 3 is 2.73 bits per heavy atom. The van der Waals surface area contributed by atoms with Crippen LogP contribution < -0.4 is 10.1 Å². The first-order valence-corrected chi connectivity index (χ1v) is 8.01. The third kappa shape index (κ3) is 4.01. The van der Waals surface area contributed by atoms with E-state index in [4.69, 9.17) is 4.74 Å². The first-order valence-electron chi connectivity index (χ1n) is 8.01. The van der Waals surface area contributed by atoms with E-state index < -0.39 is 24.7 Å². The highest BCUT2D eigenvalue weighted by atomic mass is 19.3. The van der Waals surface area contributed by atoms with Crippen LogP contribution in [0.25, 0.3) is 0 Å². The van der Waals surface area contributed by atoms with Gasteiger partial charge in [0, 0.05) is 17.8 Å². The van der Waals surface area contributed by atoms with Crippen LogP contribution in [0.1, 0.15) is 25.5 Å². The Hall–Kier alpha value is -2.90. The second-order valence-electron chi connectivity index (χ2n) is 5.42. The molecule has 0 saturated carbocycles. The van der Waals surface area contributed by atoms with Crippen molar-refractivity contribution in [1.82, 2.24) is 10.2 Å². The van der Waals surface area contributed by atoms with Gasteiger partial charge in [-0.15, -0.1) is 6.58 Å². The number of carbonyl (C=O) groups excluding carboxylic acids is 2. The maximum absolute atomic E-state index is 12.7. The number of nitrogens with one attached hydrogen (secondary N) is 1. The number of hydrogen-bond donors (Lipinski definition) is 1. The van der Waals surface area contributed by atoms with Crippen molar-refractivity contribution in [2.45, 2.75) is 26.5 Å². The molecule has 0 radical (unpaired) electrons. The number of amides is 2. The van der Waals surface area contributed by atoms with Crippen molar-refractivity contribution in [1.29, 1.82) is 0 Å². The Balaban J connectivity index is 2.57. The number of para-hydroxylation sites is 1. The van der Waals surface area contributed by atoms with Crippen LogP contribution >= 0.6 is 0 Å². The van der Waals surface area contributed by atoms with E-state index in [2.05, 4.69) is 16.6 Å². The monoisotopic (exact) mass is 366 g/mol. The number of halogens is 2. The lowest BCUT2D eigenvalue weighted by Crippen LogP contribution is -2.48. The highest BCUT2D eigenvalue weighted by Gasteiger charge is 2.37. The lowest BCUT2D eigenvalue weighted by molar-refractivity contribution is -0.139. The molecule has 0 fully saturated rings. The molecule has 2 rings (SSSR count). The van der Waals surface area contributed by atoms with E-state index >= 15 is 0 Å². The van der Waals surface area contributed by atoms with Crippen LogP contribution in [0.2, 0.25) is 0 Å². The molecule has 1 aliphatic rings. The van der Waals surface area contributed by atoms with E-state index in [0.717, 1.165) is 0 Å². The van der Waals surface area contributed by atoms with Gasteiger partial charge in [-0.25, -0.2) is 9.59 Å². The Labute approximate surface area is 150 Å². The van der Waals surface area contributed by atoms with Crippen LogP contribution in [0.5, 0.6) is 5.75 Å². The molecule has 26 heavy (non-hydrogen) atoms. The van der Waals surface area contributed by atoms with Gasteiger partial charge in [-0.05, 0) is 19.9 Å². The summed E-state index contributed by atoms with van der Waals surface area (Å²) in [5.41, 5.74) is 0.754. The van der Waals surface area contributed by atoms with Gasteiger partial charge in [0.25, 0.3) is 0 Å². The zero-order valence-electron chi connectivity index (χ0n) is 14.5. The van der Waals surface area contributed by atoms with Gasteiger partial charge < -0.3 is 14.8 Å². The average molecular weight is 366 g/mol. The Morgan fingerprint density at radius 2 is 2.12 bits per heavy atom. The zero-order chi connectivity index (χ0) is 19.3. The van der Waals surface area contributed by atoms with Gasteiger partial charge in [-0.1, -0.05) is 24.3 Å². The number of ether oxygens (including phenoxy) is 2.